The molecule has 1 aliphatic rings. The second-order valence-electron chi connectivity index (χ2n) is 6.86. The van der Waals surface area contributed by atoms with Crippen LogP contribution in [0.15, 0.2) is 48.0 Å². The summed E-state index contributed by atoms with van der Waals surface area (Å²) < 4.78 is 5.10. The highest BCUT2D eigenvalue weighted by molar-refractivity contribution is 6.46. The number of benzene rings is 2. The third-order valence-corrected chi connectivity index (χ3v) is 5.12. The molecule has 1 heterocycles. The molecule has 1 unspecified atom stereocenters. The minimum atomic E-state index is -0.728. The summed E-state index contributed by atoms with van der Waals surface area (Å²) >= 11 is 6.15. The Bertz CT molecular complexity index is 967. The standard InChI is InChI=1S/C22H22ClNO4/c1-13-7-8-14(2)17(11-13)20(25)18-19(15-5-4-6-16(23)12-15)24(9-10-28-3)22(27)21(18)26/h4-8,11-12,19,25H,9-10H2,1-3H3. The highest BCUT2D eigenvalue weighted by Crippen LogP contribution is 2.40. The van der Waals surface area contributed by atoms with Gasteiger partial charge in [-0.15, -0.1) is 0 Å². The number of amides is 1. The number of nitrogens with zero attached hydrogens (tertiary/aromatic N) is 1. The second kappa shape index (κ2) is 8.17. The predicted octanol–water partition coefficient (Wildman–Crippen LogP) is 4.02. The first-order valence-corrected chi connectivity index (χ1v) is 9.33. The third kappa shape index (κ3) is 3.68. The molecule has 2 aromatic rings. The Morgan fingerprint density at radius 3 is 2.61 bits per heavy atom. The molecule has 0 saturated carbocycles. The van der Waals surface area contributed by atoms with E-state index in [9.17, 15) is 14.7 Å². The fourth-order valence-electron chi connectivity index (χ4n) is 3.46. The Balaban J connectivity index is 2.22. The maximum atomic E-state index is 12.9. The number of Topliss-reactive ketones (excluding diaryl/α,β-unsaturated/α-hetero) is 1. The van der Waals surface area contributed by atoms with Gasteiger partial charge in [0.2, 0.25) is 0 Å². The van der Waals surface area contributed by atoms with Crippen LogP contribution >= 0.6 is 11.6 Å². The molecule has 1 aliphatic heterocycles. The summed E-state index contributed by atoms with van der Waals surface area (Å²) in [6, 6.07) is 11.9. The molecular weight excluding hydrogens is 378 g/mol. The van der Waals surface area contributed by atoms with Gasteiger partial charge in [0, 0.05) is 24.2 Å². The number of aliphatic hydroxyl groups is 1. The monoisotopic (exact) mass is 399 g/mol. The number of halogens is 1. The average Bonchev–Trinajstić information content (AvgIpc) is 2.92. The topological polar surface area (TPSA) is 66.8 Å². The minimum Gasteiger partial charge on any atom is -0.507 e. The summed E-state index contributed by atoms with van der Waals surface area (Å²) in [6.45, 7) is 4.25. The summed E-state index contributed by atoms with van der Waals surface area (Å²) in [5.74, 6) is -1.54. The summed E-state index contributed by atoms with van der Waals surface area (Å²) in [4.78, 5) is 27.0. The fraction of sp³-hybridized carbons (Fsp3) is 0.273. The van der Waals surface area contributed by atoms with Gasteiger partial charge in [0.05, 0.1) is 18.2 Å². The van der Waals surface area contributed by atoms with Crippen molar-refractivity contribution in [3.05, 3.63) is 75.3 Å². The van der Waals surface area contributed by atoms with E-state index in [1.165, 1.54) is 12.0 Å². The Morgan fingerprint density at radius 1 is 1.18 bits per heavy atom. The first kappa shape index (κ1) is 20.1. The lowest BCUT2D eigenvalue weighted by Gasteiger charge is -2.25. The van der Waals surface area contributed by atoms with Crippen LogP contribution in [0, 0.1) is 13.8 Å². The number of aryl methyl sites for hydroxylation is 2. The molecule has 0 spiro atoms. The molecule has 1 saturated heterocycles. The highest BCUT2D eigenvalue weighted by Gasteiger charge is 2.46. The smallest absolute Gasteiger partial charge is 0.295 e. The van der Waals surface area contributed by atoms with Crippen molar-refractivity contribution in [2.75, 3.05) is 20.3 Å². The number of ketones is 1. The average molecular weight is 400 g/mol. The van der Waals surface area contributed by atoms with Gasteiger partial charge in [-0.05, 0) is 43.2 Å². The number of hydrogen-bond acceptors (Lipinski definition) is 4. The van der Waals surface area contributed by atoms with Crippen LogP contribution in [0.3, 0.4) is 0 Å². The third-order valence-electron chi connectivity index (χ3n) is 4.89. The van der Waals surface area contributed by atoms with Gasteiger partial charge >= 0.3 is 0 Å². The first-order chi connectivity index (χ1) is 13.3. The normalized spacial score (nSPS) is 18.7. The van der Waals surface area contributed by atoms with Gasteiger partial charge in [0.25, 0.3) is 11.7 Å². The van der Waals surface area contributed by atoms with Crippen molar-refractivity contribution >= 4 is 29.1 Å². The van der Waals surface area contributed by atoms with E-state index in [4.69, 9.17) is 16.3 Å². The molecule has 28 heavy (non-hydrogen) atoms. The highest BCUT2D eigenvalue weighted by atomic mass is 35.5. The van der Waals surface area contributed by atoms with Gasteiger partial charge in [0.15, 0.2) is 0 Å². The summed E-state index contributed by atoms with van der Waals surface area (Å²) in [5.41, 5.74) is 3.03. The lowest BCUT2D eigenvalue weighted by atomic mass is 9.93. The van der Waals surface area contributed by atoms with Crippen LogP contribution in [0.25, 0.3) is 5.76 Å². The van der Waals surface area contributed by atoms with Crippen LogP contribution in [-0.4, -0.2) is 42.0 Å². The number of carbonyl (C=O) groups is 2. The maximum absolute atomic E-state index is 12.9. The largest absolute Gasteiger partial charge is 0.507 e. The predicted molar refractivity (Wildman–Crippen MR) is 108 cm³/mol. The van der Waals surface area contributed by atoms with Crippen LogP contribution in [0.2, 0.25) is 5.02 Å². The second-order valence-corrected chi connectivity index (χ2v) is 7.30. The molecule has 0 radical (unpaired) electrons. The van der Waals surface area contributed by atoms with E-state index >= 15 is 0 Å². The van der Waals surface area contributed by atoms with E-state index in [2.05, 4.69) is 0 Å². The zero-order chi connectivity index (χ0) is 20.4. The summed E-state index contributed by atoms with van der Waals surface area (Å²) in [5, 5.41) is 11.6. The number of rotatable bonds is 5. The Labute approximate surface area is 169 Å². The maximum Gasteiger partial charge on any atom is 0.295 e. The van der Waals surface area contributed by atoms with Gasteiger partial charge in [0.1, 0.15) is 5.76 Å². The lowest BCUT2D eigenvalue weighted by Crippen LogP contribution is -2.32. The number of methoxy groups -OCH3 is 1. The van der Waals surface area contributed by atoms with Gasteiger partial charge < -0.3 is 14.7 Å². The fourth-order valence-corrected chi connectivity index (χ4v) is 3.66. The molecule has 6 heteroatoms. The number of ether oxygens (including phenoxy) is 1. The zero-order valence-electron chi connectivity index (χ0n) is 16.0. The van der Waals surface area contributed by atoms with Crippen molar-refractivity contribution < 1.29 is 19.4 Å². The van der Waals surface area contributed by atoms with E-state index in [0.29, 0.717) is 16.1 Å². The van der Waals surface area contributed by atoms with Crippen molar-refractivity contribution in [1.29, 1.82) is 0 Å². The van der Waals surface area contributed by atoms with Crippen LogP contribution < -0.4 is 0 Å². The van der Waals surface area contributed by atoms with Crippen LogP contribution in [0.1, 0.15) is 28.3 Å². The lowest BCUT2D eigenvalue weighted by molar-refractivity contribution is -0.140. The molecule has 3 rings (SSSR count). The van der Waals surface area contributed by atoms with Gasteiger partial charge in [-0.1, -0.05) is 41.4 Å². The Morgan fingerprint density at radius 2 is 1.93 bits per heavy atom. The van der Waals surface area contributed by atoms with E-state index in [-0.39, 0.29) is 24.5 Å². The van der Waals surface area contributed by atoms with Crippen molar-refractivity contribution in [3.63, 3.8) is 0 Å². The molecule has 0 bridgehead atoms. The molecule has 0 aromatic heterocycles. The SMILES string of the molecule is COCCN1C(=O)C(=O)C(=C(O)c2cc(C)ccc2C)C1c1cccc(Cl)c1. The molecule has 1 fully saturated rings. The molecule has 0 aliphatic carbocycles. The molecule has 1 N–H and O–H groups in total. The minimum absolute atomic E-state index is 0.0667. The molecule has 1 amide bonds. The van der Waals surface area contributed by atoms with E-state index < -0.39 is 17.7 Å². The zero-order valence-corrected chi connectivity index (χ0v) is 16.8. The van der Waals surface area contributed by atoms with Crippen molar-refractivity contribution in [1.82, 2.24) is 4.90 Å². The molecule has 2 aromatic carbocycles. The Hall–Kier alpha value is -2.63. The number of hydrogen-bond donors (Lipinski definition) is 1. The number of likely N-dealkylation sites (tertiary alicyclic amines) is 1. The first-order valence-electron chi connectivity index (χ1n) is 8.95. The Kier molecular flexibility index (Phi) is 5.87. The van der Waals surface area contributed by atoms with Crippen molar-refractivity contribution in [2.45, 2.75) is 19.9 Å². The van der Waals surface area contributed by atoms with Gasteiger partial charge in [-0.3, -0.25) is 9.59 Å². The number of aliphatic hydroxyl groups excluding tert-OH is 1. The van der Waals surface area contributed by atoms with Crippen LogP contribution in [-0.2, 0) is 14.3 Å². The van der Waals surface area contributed by atoms with Gasteiger partial charge in [-0.2, -0.15) is 0 Å². The van der Waals surface area contributed by atoms with Gasteiger partial charge in [-0.25, -0.2) is 0 Å². The van der Waals surface area contributed by atoms with Crippen molar-refractivity contribution in [3.8, 4) is 0 Å². The molecule has 146 valence electrons. The molecule has 5 nitrogen and oxygen atoms in total. The quantitative estimate of drug-likeness (QED) is 0.468. The number of carbonyl (C=O) groups excluding carboxylic acids is 2. The molecular formula is C22H22ClNO4. The van der Waals surface area contributed by atoms with Crippen LogP contribution in [0.5, 0.6) is 0 Å². The molecule has 1 atom stereocenters. The summed E-state index contributed by atoms with van der Waals surface area (Å²) in [7, 11) is 1.53. The summed E-state index contributed by atoms with van der Waals surface area (Å²) in [6.07, 6.45) is 0. The van der Waals surface area contributed by atoms with E-state index in [1.807, 2.05) is 32.0 Å². The van der Waals surface area contributed by atoms with Crippen molar-refractivity contribution in [2.24, 2.45) is 0 Å². The van der Waals surface area contributed by atoms with E-state index in [1.54, 1.807) is 24.3 Å². The van der Waals surface area contributed by atoms with Crippen LogP contribution in [0.4, 0.5) is 0 Å². The van der Waals surface area contributed by atoms with E-state index in [0.717, 1.165) is 11.1 Å².